The van der Waals surface area contributed by atoms with Gasteiger partial charge in [-0.25, -0.2) is 4.98 Å². The van der Waals surface area contributed by atoms with Crippen LogP contribution < -0.4 is 5.32 Å². The maximum absolute atomic E-state index is 12.6. The smallest absolute Gasteiger partial charge is 0.254 e. The van der Waals surface area contributed by atoms with Crippen molar-refractivity contribution in [1.29, 1.82) is 0 Å². The fraction of sp³-hybridized carbons (Fsp3) is 0.429. The second kappa shape index (κ2) is 9.74. The van der Waals surface area contributed by atoms with Crippen LogP contribution in [0.2, 0.25) is 0 Å². The van der Waals surface area contributed by atoms with Crippen molar-refractivity contribution in [3.8, 4) is 0 Å². The predicted molar refractivity (Wildman–Crippen MR) is 108 cm³/mol. The molecule has 1 fully saturated rings. The summed E-state index contributed by atoms with van der Waals surface area (Å²) in [7, 11) is 0. The number of aromatic nitrogens is 1. The molecule has 1 atom stereocenters. The van der Waals surface area contributed by atoms with E-state index in [-0.39, 0.29) is 11.9 Å². The third-order valence-electron chi connectivity index (χ3n) is 4.83. The van der Waals surface area contributed by atoms with Crippen LogP contribution in [0.15, 0.2) is 53.7 Å². The van der Waals surface area contributed by atoms with Gasteiger partial charge in [0.25, 0.3) is 5.91 Å². The number of benzene rings is 1. The van der Waals surface area contributed by atoms with Crippen molar-refractivity contribution >= 4 is 17.7 Å². The Bertz CT molecular complexity index is 707. The van der Waals surface area contributed by atoms with Gasteiger partial charge in [-0.15, -0.1) is 11.8 Å². The molecule has 138 valence electrons. The summed E-state index contributed by atoms with van der Waals surface area (Å²) in [5, 5.41) is 4.01. The summed E-state index contributed by atoms with van der Waals surface area (Å²) in [5.74, 6) is -0.00131. The normalized spacial score (nSPS) is 17.8. The van der Waals surface area contributed by atoms with Crippen LogP contribution in [0.1, 0.15) is 35.2 Å². The molecule has 26 heavy (non-hydrogen) atoms. The molecule has 0 saturated carbocycles. The Labute approximate surface area is 160 Å². The van der Waals surface area contributed by atoms with Gasteiger partial charge in [-0.2, -0.15) is 0 Å². The summed E-state index contributed by atoms with van der Waals surface area (Å²) in [6, 6.07) is 14.5. The number of hydrogen-bond acceptors (Lipinski definition) is 4. The highest BCUT2D eigenvalue weighted by Crippen LogP contribution is 2.18. The van der Waals surface area contributed by atoms with E-state index in [0.29, 0.717) is 5.56 Å². The number of thioether (sulfide) groups is 1. The van der Waals surface area contributed by atoms with Gasteiger partial charge in [-0.1, -0.05) is 30.3 Å². The van der Waals surface area contributed by atoms with Crippen molar-refractivity contribution in [2.45, 2.75) is 36.8 Å². The van der Waals surface area contributed by atoms with Gasteiger partial charge in [0, 0.05) is 18.8 Å². The van der Waals surface area contributed by atoms with Crippen LogP contribution in [-0.4, -0.2) is 47.7 Å². The molecule has 5 heteroatoms. The highest BCUT2D eigenvalue weighted by Gasteiger charge is 2.22. The Morgan fingerprint density at radius 3 is 2.92 bits per heavy atom. The lowest BCUT2D eigenvalue weighted by atomic mass is 10.0. The standard InChI is InChI=1S/C21H27N3OS/c1-26-21-19(12-5-13-22-21)20(25)23-18-11-7-15-24(16-18)14-6-10-17-8-3-2-4-9-17/h2-5,8-9,12-13,18H,6-7,10-11,14-16H2,1H3,(H,23,25)/t18-/m1/s1. The fourth-order valence-corrected chi connectivity index (χ4v) is 4.06. The lowest BCUT2D eigenvalue weighted by Crippen LogP contribution is -2.48. The van der Waals surface area contributed by atoms with Crippen molar-refractivity contribution in [1.82, 2.24) is 15.2 Å². The molecule has 2 aromatic rings. The molecular formula is C21H27N3OS. The van der Waals surface area contributed by atoms with E-state index in [1.807, 2.05) is 18.4 Å². The number of likely N-dealkylation sites (tertiary alicyclic amines) is 1. The molecule has 1 saturated heterocycles. The van der Waals surface area contributed by atoms with E-state index in [4.69, 9.17) is 0 Å². The zero-order valence-electron chi connectivity index (χ0n) is 15.4. The number of pyridine rings is 1. The average Bonchev–Trinajstić information content (AvgIpc) is 2.69. The van der Waals surface area contributed by atoms with Gasteiger partial charge in [0.15, 0.2) is 0 Å². The van der Waals surface area contributed by atoms with Gasteiger partial charge in [0.1, 0.15) is 5.03 Å². The van der Waals surface area contributed by atoms with Crippen LogP contribution in [0.25, 0.3) is 0 Å². The lowest BCUT2D eigenvalue weighted by Gasteiger charge is -2.33. The van der Waals surface area contributed by atoms with E-state index in [1.54, 1.807) is 6.20 Å². The number of carbonyl (C=O) groups is 1. The molecule has 1 aliphatic rings. The summed E-state index contributed by atoms with van der Waals surface area (Å²) in [6.45, 7) is 3.16. The van der Waals surface area contributed by atoms with Gasteiger partial charge >= 0.3 is 0 Å². The molecule has 1 aromatic heterocycles. The van der Waals surface area contributed by atoms with Gasteiger partial charge in [-0.3, -0.25) is 4.79 Å². The Hall–Kier alpha value is -1.85. The van der Waals surface area contributed by atoms with Crippen LogP contribution in [0.3, 0.4) is 0 Å². The van der Waals surface area contributed by atoms with Crippen molar-refractivity contribution in [3.05, 3.63) is 59.8 Å². The minimum Gasteiger partial charge on any atom is -0.348 e. The van der Waals surface area contributed by atoms with Crippen LogP contribution in [0, 0.1) is 0 Å². The quantitative estimate of drug-likeness (QED) is 0.757. The van der Waals surface area contributed by atoms with Gasteiger partial charge in [-0.05, 0) is 62.7 Å². The number of aryl methyl sites for hydroxylation is 1. The number of nitrogens with zero attached hydrogens (tertiary/aromatic N) is 2. The second-order valence-corrected chi connectivity index (χ2v) is 7.56. The number of hydrogen-bond donors (Lipinski definition) is 1. The second-order valence-electron chi connectivity index (χ2n) is 6.76. The number of carbonyl (C=O) groups excluding carboxylic acids is 1. The molecule has 1 aromatic carbocycles. The van der Waals surface area contributed by atoms with E-state index < -0.39 is 0 Å². The average molecular weight is 370 g/mol. The van der Waals surface area contributed by atoms with Crippen LogP contribution in [-0.2, 0) is 6.42 Å². The minimum atomic E-state index is -0.00131. The molecule has 3 rings (SSSR count). The third-order valence-corrected chi connectivity index (χ3v) is 5.54. The maximum atomic E-state index is 12.6. The molecule has 4 nitrogen and oxygen atoms in total. The highest BCUT2D eigenvalue weighted by atomic mass is 32.2. The minimum absolute atomic E-state index is 0.00131. The highest BCUT2D eigenvalue weighted by molar-refractivity contribution is 7.98. The van der Waals surface area contributed by atoms with Gasteiger partial charge < -0.3 is 10.2 Å². The van der Waals surface area contributed by atoms with E-state index in [2.05, 4.69) is 45.5 Å². The van der Waals surface area contributed by atoms with Crippen LogP contribution >= 0.6 is 11.8 Å². The Balaban J connectivity index is 1.48. The van der Waals surface area contributed by atoms with Crippen molar-refractivity contribution in [3.63, 3.8) is 0 Å². The molecule has 0 radical (unpaired) electrons. The molecule has 1 aliphatic heterocycles. The number of nitrogens with one attached hydrogen (secondary N) is 1. The Kier molecular flexibility index (Phi) is 7.09. The summed E-state index contributed by atoms with van der Waals surface area (Å²) in [5.41, 5.74) is 2.08. The molecule has 0 bridgehead atoms. The van der Waals surface area contributed by atoms with E-state index in [9.17, 15) is 4.79 Å². The zero-order chi connectivity index (χ0) is 18.2. The van der Waals surface area contributed by atoms with E-state index in [1.165, 1.54) is 17.3 Å². The molecule has 0 spiro atoms. The first kappa shape index (κ1) is 18.9. The molecule has 0 aliphatic carbocycles. The first-order valence-electron chi connectivity index (χ1n) is 9.32. The molecule has 0 unspecified atom stereocenters. The fourth-order valence-electron chi connectivity index (χ4n) is 3.52. The SMILES string of the molecule is CSc1ncccc1C(=O)N[C@@H]1CCCN(CCCc2ccccc2)C1. The largest absolute Gasteiger partial charge is 0.348 e. The summed E-state index contributed by atoms with van der Waals surface area (Å²) in [6.07, 6.45) is 8.14. The van der Waals surface area contributed by atoms with Crippen molar-refractivity contribution in [2.75, 3.05) is 25.9 Å². The molecular weight excluding hydrogens is 342 g/mol. The molecule has 1 amide bonds. The topological polar surface area (TPSA) is 45.2 Å². The number of piperidine rings is 1. The van der Waals surface area contributed by atoms with Crippen LogP contribution in [0.5, 0.6) is 0 Å². The predicted octanol–water partition coefficient (Wildman–Crippen LogP) is 3.63. The number of amides is 1. The maximum Gasteiger partial charge on any atom is 0.254 e. The first-order chi connectivity index (χ1) is 12.8. The lowest BCUT2D eigenvalue weighted by molar-refractivity contribution is 0.0899. The monoisotopic (exact) mass is 369 g/mol. The Morgan fingerprint density at radius 2 is 2.12 bits per heavy atom. The van der Waals surface area contributed by atoms with Gasteiger partial charge in [0.05, 0.1) is 5.56 Å². The first-order valence-corrected chi connectivity index (χ1v) is 10.5. The van der Waals surface area contributed by atoms with Crippen molar-refractivity contribution < 1.29 is 4.79 Å². The van der Waals surface area contributed by atoms with E-state index in [0.717, 1.165) is 50.3 Å². The van der Waals surface area contributed by atoms with Gasteiger partial charge in [0.2, 0.25) is 0 Å². The summed E-state index contributed by atoms with van der Waals surface area (Å²) < 4.78 is 0. The zero-order valence-corrected chi connectivity index (χ0v) is 16.2. The summed E-state index contributed by atoms with van der Waals surface area (Å²) >= 11 is 1.51. The van der Waals surface area contributed by atoms with E-state index >= 15 is 0 Å². The third kappa shape index (κ3) is 5.32. The van der Waals surface area contributed by atoms with Crippen LogP contribution in [0.4, 0.5) is 0 Å². The molecule has 1 N–H and O–H groups in total. The summed E-state index contributed by atoms with van der Waals surface area (Å²) in [4.78, 5) is 19.4. The number of rotatable bonds is 7. The molecule has 2 heterocycles. The van der Waals surface area contributed by atoms with Crippen molar-refractivity contribution in [2.24, 2.45) is 0 Å². The Morgan fingerprint density at radius 1 is 1.27 bits per heavy atom.